The Balaban J connectivity index is 2.20. The Bertz CT molecular complexity index is 494. The predicted molar refractivity (Wildman–Crippen MR) is 100 cm³/mol. The van der Waals surface area contributed by atoms with Crippen LogP contribution in [0, 0.1) is 13.8 Å². The predicted octanol–water partition coefficient (Wildman–Crippen LogP) is 6.30. The minimum Gasteiger partial charge on any atom is -0.492 e. The van der Waals surface area contributed by atoms with E-state index in [1.165, 1.54) is 51.4 Å². The lowest BCUT2D eigenvalue weighted by Crippen LogP contribution is -2.07. The summed E-state index contributed by atoms with van der Waals surface area (Å²) in [7, 11) is 0. The second-order valence-corrected chi connectivity index (χ2v) is 6.72. The fourth-order valence-electron chi connectivity index (χ4n) is 2.91. The molecule has 0 saturated carbocycles. The summed E-state index contributed by atoms with van der Waals surface area (Å²) in [6.07, 6.45) is 12.8. The standard InChI is InChI=1S/C21H34O3/c1-4-5-6-7-8-9-10-11-12-13-16-24-20-18(3)17(2)14-15-19(20)21(22)23/h14-15H,4-13,16H2,1-3H3,(H,22,23). The third kappa shape index (κ3) is 7.37. The van der Waals surface area contributed by atoms with Crippen LogP contribution in [0.25, 0.3) is 0 Å². The van der Waals surface area contributed by atoms with Crippen LogP contribution in [0.4, 0.5) is 0 Å². The highest BCUT2D eigenvalue weighted by molar-refractivity contribution is 5.91. The minimum atomic E-state index is -0.920. The van der Waals surface area contributed by atoms with Crippen molar-refractivity contribution in [1.82, 2.24) is 0 Å². The third-order valence-corrected chi connectivity index (χ3v) is 4.65. The van der Waals surface area contributed by atoms with Gasteiger partial charge < -0.3 is 9.84 Å². The average Bonchev–Trinajstić information content (AvgIpc) is 2.56. The lowest BCUT2D eigenvalue weighted by Gasteiger charge is -2.14. The second-order valence-electron chi connectivity index (χ2n) is 6.72. The maximum absolute atomic E-state index is 11.3. The molecule has 1 aromatic carbocycles. The molecule has 0 aliphatic heterocycles. The van der Waals surface area contributed by atoms with Crippen molar-refractivity contribution in [2.24, 2.45) is 0 Å². The highest BCUT2D eigenvalue weighted by atomic mass is 16.5. The largest absolute Gasteiger partial charge is 0.492 e. The van der Waals surface area contributed by atoms with Gasteiger partial charge >= 0.3 is 5.97 Å². The molecule has 0 atom stereocenters. The number of carboxylic acids is 1. The molecule has 0 spiro atoms. The summed E-state index contributed by atoms with van der Waals surface area (Å²) in [6.45, 7) is 6.75. The summed E-state index contributed by atoms with van der Waals surface area (Å²) >= 11 is 0. The van der Waals surface area contributed by atoms with Crippen LogP contribution in [-0.4, -0.2) is 17.7 Å². The smallest absolute Gasteiger partial charge is 0.339 e. The molecule has 136 valence electrons. The van der Waals surface area contributed by atoms with Crippen molar-refractivity contribution >= 4 is 5.97 Å². The minimum absolute atomic E-state index is 0.269. The van der Waals surface area contributed by atoms with E-state index >= 15 is 0 Å². The van der Waals surface area contributed by atoms with Gasteiger partial charge in [-0.3, -0.25) is 0 Å². The summed E-state index contributed by atoms with van der Waals surface area (Å²) in [4.78, 5) is 11.3. The van der Waals surface area contributed by atoms with Crippen LogP contribution in [0.15, 0.2) is 12.1 Å². The van der Waals surface area contributed by atoms with Gasteiger partial charge in [0.25, 0.3) is 0 Å². The maximum Gasteiger partial charge on any atom is 0.339 e. The quantitative estimate of drug-likeness (QED) is 0.430. The molecule has 0 aliphatic carbocycles. The van der Waals surface area contributed by atoms with Gasteiger partial charge in [-0.15, -0.1) is 0 Å². The topological polar surface area (TPSA) is 46.5 Å². The van der Waals surface area contributed by atoms with Crippen LogP contribution in [0.2, 0.25) is 0 Å². The maximum atomic E-state index is 11.3. The number of benzene rings is 1. The normalized spacial score (nSPS) is 10.8. The number of rotatable bonds is 13. The Morgan fingerprint density at radius 2 is 1.46 bits per heavy atom. The average molecular weight is 335 g/mol. The van der Waals surface area contributed by atoms with Crippen molar-refractivity contribution in [3.05, 3.63) is 28.8 Å². The number of aromatic carboxylic acids is 1. The van der Waals surface area contributed by atoms with Crippen molar-refractivity contribution in [3.8, 4) is 5.75 Å². The lowest BCUT2D eigenvalue weighted by atomic mass is 10.0. The van der Waals surface area contributed by atoms with E-state index in [4.69, 9.17) is 4.74 Å². The summed E-state index contributed by atoms with van der Waals surface area (Å²) in [5.74, 6) is -0.380. The van der Waals surface area contributed by atoms with Gasteiger partial charge in [0.1, 0.15) is 11.3 Å². The molecule has 0 aromatic heterocycles. The van der Waals surface area contributed by atoms with Gasteiger partial charge in [0.15, 0.2) is 0 Å². The summed E-state index contributed by atoms with van der Waals surface area (Å²) in [5.41, 5.74) is 2.27. The Kier molecular flexibility index (Phi) is 10.2. The SMILES string of the molecule is CCCCCCCCCCCCOc1c(C(=O)O)ccc(C)c1C. The van der Waals surface area contributed by atoms with Crippen molar-refractivity contribution < 1.29 is 14.6 Å². The van der Waals surface area contributed by atoms with Crippen molar-refractivity contribution in [2.45, 2.75) is 85.0 Å². The van der Waals surface area contributed by atoms with Crippen LogP contribution in [0.5, 0.6) is 5.75 Å². The van der Waals surface area contributed by atoms with Gasteiger partial charge in [0.2, 0.25) is 0 Å². The van der Waals surface area contributed by atoms with Crippen LogP contribution in [0.3, 0.4) is 0 Å². The summed E-state index contributed by atoms with van der Waals surface area (Å²) < 4.78 is 5.80. The molecule has 24 heavy (non-hydrogen) atoms. The first-order chi connectivity index (χ1) is 11.6. The monoisotopic (exact) mass is 334 g/mol. The molecule has 0 amide bonds. The molecule has 3 nitrogen and oxygen atoms in total. The Morgan fingerprint density at radius 3 is 2.00 bits per heavy atom. The van der Waals surface area contributed by atoms with Gasteiger partial charge in [0, 0.05) is 0 Å². The number of hydrogen-bond donors (Lipinski definition) is 1. The zero-order valence-electron chi connectivity index (χ0n) is 15.7. The van der Waals surface area contributed by atoms with E-state index in [1.54, 1.807) is 6.07 Å². The Morgan fingerprint density at radius 1 is 0.917 bits per heavy atom. The number of aryl methyl sites for hydroxylation is 1. The Labute approximate surface area is 147 Å². The van der Waals surface area contributed by atoms with Crippen LogP contribution >= 0.6 is 0 Å². The third-order valence-electron chi connectivity index (χ3n) is 4.65. The van der Waals surface area contributed by atoms with Crippen LogP contribution < -0.4 is 4.74 Å². The molecule has 1 N–H and O–H groups in total. The first-order valence-corrected chi connectivity index (χ1v) is 9.54. The fourth-order valence-corrected chi connectivity index (χ4v) is 2.91. The van der Waals surface area contributed by atoms with E-state index in [-0.39, 0.29) is 5.56 Å². The zero-order valence-corrected chi connectivity index (χ0v) is 15.7. The van der Waals surface area contributed by atoms with Gasteiger partial charge in [-0.05, 0) is 37.5 Å². The van der Waals surface area contributed by atoms with Gasteiger partial charge in [-0.2, -0.15) is 0 Å². The van der Waals surface area contributed by atoms with E-state index in [2.05, 4.69) is 6.92 Å². The molecule has 3 heteroatoms. The van der Waals surface area contributed by atoms with Gasteiger partial charge in [0.05, 0.1) is 6.61 Å². The summed E-state index contributed by atoms with van der Waals surface area (Å²) in [5, 5.41) is 9.28. The first-order valence-electron chi connectivity index (χ1n) is 9.54. The molecule has 0 radical (unpaired) electrons. The van der Waals surface area contributed by atoms with Gasteiger partial charge in [-0.25, -0.2) is 4.79 Å². The van der Waals surface area contributed by atoms with E-state index in [0.29, 0.717) is 12.4 Å². The highest BCUT2D eigenvalue weighted by Crippen LogP contribution is 2.27. The zero-order chi connectivity index (χ0) is 17.8. The van der Waals surface area contributed by atoms with Crippen molar-refractivity contribution in [1.29, 1.82) is 0 Å². The molecule has 0 unspecified atom stereocenters. The van der Waals surface area contributed by atoms with E-state index in [9.17, 15) is 9.90 Å². The molecule has 1 aromatic rings. The van der Waals surface area contributed by atoms with Crippen LogP contribution in [-0.2, 0) is 0 Å². The lowest BCUT2D eigenvalue weighted by molar-refractivity contribution is 0.0692. The number of hydrogen-bond acceptors (Lipinski definition) is 2. The molecular formula is C21H34O3. The van der Waals surface area contributed by atoms with Crippen molar-refractivity contribution in [3.63, 3.8) is 0 Å². The van der Waals surface area contributed by atoms with Crippen LogP contribution in [0.1, 0.15) is 92.6 Å². The first kappa shape index (κ1) is 20.5. The number of carbonyl (C=O) groups is 1. The van der Waals surface area contributed by atoms with E-state index in [1.807, 2.05) is 19.9 Å². The van der Waals surface area contributed by atoms with E-state index in [0.717, 1.165) is 24.0 Å². The highest BCUT2D eigenvalue weighted by Gasteiger charge is 2.14. The molecule has 1 rings (SSSR count). The van der Waals surface area contributed by atoms with Gasteiger partial charge in [-0.1, -0.05) is 70.8 Å². The van der Waals surface area contributed by atoms with E-state index < -0.39 is 5.97 Å². The number of ether oxygens (including phenoxy) is 1. The number of carboxylic acid groups (broad SMARTS) is 1. The number of unbranched alkanes of at least 4 members (excludes halogenated alkanes) is 9. The molecule has 0 bridgehead atoms. The molecular weight excluding hydrogens is 300 g/mol. The van der Waals surface area contributed by atoms with Crippen molar-refractivity contribution in [2.75, 3.05) is 6.61 Å². The Hall–Kier alpha value is -1.51. The fraction of sp³-hybridized carbons (Fsp3) is 0.667. The second kappa shape index (κ2) is 11.9. The summed E-state index contributed by atoms with van der Waals surface area (Å²) in [6, 6.07) is 3.48. The molecule has 0 fully saturated rings. The molecule has 0 heterocycles. The molecule has 0 saturated heterocycles. The molecule has 0 aliphatic rings.